The Labute approximate surface area is 53.2 Å². The first kappa shape index (κ1) is 6.33. The van der Waals surface area contributed by atoms with Gasteiger partial charge in [0.1, 0.15) is 0 Å². The van der Waals surface area contributed by atoms with Crippen molar-refractivity contribution in [3.63, 3.8) is 0 Å². The zero-order valence-corrected chi connectivity index (χ0v) is 4.47. The van der Waals surface area contributed by atoms with E-state index < -0.39 is 11.1 Å². The van der Waals surface area contributed by atoms with Gasteiger partial charge in [-0.25, -0.2) is 4.84 Å². The summed E-state index contributed by atoms with van der Waals surface area (Å²) in [4.78, 5) is 23.3. The summed E-state index contributed by atoms with van der Waals surface area (Å²) in [6.07, 6.45) is 0.895. The van der Waals surface area contributed by atoms with E-state index in [9.17, 15) is 14.9 Å². The third-order valence-electron chi connectivity index (χ3n) is 0.652. The van der Waals surface area contributed by atoms with Crippen LogP contribution in [-0.4, -0.2) is 11.1 Å². The SMILES string of the molecule is O=C(O[N+](=O)[O-])c1coo1. The van der Waals surface area contributed by atoms with E-state index in [0.717, 1.165) is 6.26 Å². The van der Waals surface area contributed by atoms with Gasteiger partial charge in [0.2, 0.25) is 0 Å². The molecular formula is C3HNO6. The van der Waals surface area contributed by atoms with E-state index in [1.54, 1.807) is 0 Å². The molecule has 0 aromatic carbocycles. The molecule has 0 bridgehead atoms. The molecule has 1 rings (SSSR count). The molecule has 1 heterocycles. The van der Waals surface area contributed by atoms with Crippen LogP contribution in [0.3, 0.4) is 0 Å². The van der Waals surface area contributed by atoms with Crippen molar-refractivity contribution in [1.82, 2.24) is 0 Å². The fraction of sp³-hybridized carbons (Fsp3) is 0. The maximum Gasteiger partial charge on any atom is 0.377 e. The molecule has 0 saturated carbocycles. The Bertz CT molecular complexity index is 236. The maximum absolute atomic E-state index is 10.3. The first-order valence-electron chi connectivity index (χ1n) is 2.10. The van der Waals surface area contributed by atoms with E-state index in [0.29, 0.717) is 0 Å². The number of hydrogen-bond donors (Lipinski definition) is 0. The van der Waals surface area contributed by atoms with E-state index in [1.165, 1.54) is 0 Å². The molecule has 0 atom stereocenters. The normalized spacial score (nSPS) is 9.20. The summed E-state index contributed by atoms with van der Waals surface area (Å²) < 4.78 is 7.93. The van der Waals surface area contributed by atoms with Crippen LogP contribution < -0.4 is 0 Å². The Morgan fingerprint density at radius 3 is 2.70 bits per heavy atom. The molecule has 0 spiro atoms. The number of carbonyl (C=O) groups excluding carboxylic acids is 1. The lowest BCUT2D eigenvalue weighted by Gasteiger charge is -1.94. The average molecular weight is 147 g/mol. The van der Waals surface area contributed by atoms with Gasteiger partial charge in [0.05, 0.1) is 0 Å². The van der Waals surface area contributed by atoms with Gasteiger partial charge in [-0.15, -0.1) is 10.1 Å². The molecule has 0 fully saturated rings. The minimum absolute atomic E-state index is 0.322. The zero-order chi connectivity index (χ0) is 7.56. The lowest BCUT2D eigenvalue weighted by molar-refractivity contribution is -0.727. The highest BCUT2D eigenvalue weighted by atomic mass is 17.0. The molecule has 0 aliphatic carbocycles. The van der Waals surface area contributed by atoms with Crippen LogP contribution in [0, 0.1) is 10.1 Å². The largest absolute Gasteiger partial charge is 0.377 e. The van der Waals surface area contributed by atoms with Gasteiger partial charge in [-0.05, 0) is 0 Å². The van der Waals surface area contributed by atoms with Crippen LogP contribution >= 0.6 is 0 Å². The van der Waals surface area contributed by atoms with Crippen molar-refractivity contribution in [2.45, 2.75) is 0 Å². The maximum atomic E-state index is 10.3. The van der Waals surface area contributed by atoms with E-state index in [2.05, 4.69) is 14.0 Å². The predicted octanol–water partition coefficient (Wildman–Crippen LogP) is 0.221. The molecule has 1 aromatic rings. The topological polar surface area (TPSA) is 95.7 Å². The fourth-order valence-corrected chi connectivity index (χ4v) is 0.291. The standard InChI is InChI=1S/C3HNO6/c5-3(9-4(6)7)2-1-8-10-2/h1H. The van der Waals surface area contributed by atoms with Crippen molar-refractivity contribution in [3.05, 3.63) is 22.1 Å². The van der Waals surface area contributed by atoms with Crippen LogP contribution in [0.25, 0.3) is 0 Å². The Hall–Kier alpha value is -1.79. The molecule has 0 saturated heterocycles. The third kappa shape index (κ3) is 1.13. The molecular weight excluding hydrogens is 146 g/mol. The van der Waals surface area contributed by atoms with Crippen LogP contribution in [0.1, 0.15) is 10.6 Å². The number of nitrogens with zero attached hydrogens (tertiary/aromatic N) is 1. The molecule has 0 N–H and O–H groups in total. The van der Waals surface area contributed by atoms with Crippen molar-refractivity contribution in [3.8, 4) is 0 Å². The smallest absolute Gasteiger partial charge is 0.293 e. The van der Waals surface area contributed by atoms with Crippen molar-refractivity contribution in [2.24, 2.45) is 0 Å². The highest BCUT2D eigenvalue weighted by molar-refractivity contribution is 5.85. The molecule has 7 heteroatoms. The minimum atomic E-state index is -1.23. The Morgan fingerprint density at radius 1 is 1.80 bits per heavy atom. The summed E-state index contributed by atoms with van der Waals surface area (Å²) in [5.41, 5.74) is 0. The van der Waals surface area contributed by atoms with Crippen LogP contribution in [0.15, 0.2) is 15.4 Å². The first-order chi connectivity index (χ1) is 4.70. The molecule has 0 radical (unpaired) electrons. The van der Waals surface area contributed by atoms with Gasteiger partial charge in [-0.2, -0.15) is 0 Å². The summed E-state index contributed by atoms with van der Waals surface area (Å²) in [6, 6.07) is 0. The molecule has 7 nitrogen and oxygen atoms in total. The van der Waals surface area contributed by atoms with Gasteiger partial charge < -0.3 is 0 Å². The van der Waals surface area contributed by atoms with E-state index in [1.807, 2.05) is 0 Å². The number of carbonyl (C=O) groups is 1. The molecule has 54 valence electrons. The quantitative estimate of drug-likeness (QED) is 0.337. The van der Waals surface area contributed by atoms with E-state index >= 15 is 0 Å². The molecule has 0 aliphatic rings. The summed E-state index contributed by atoms with van der Waals surface area (Å²) in [5, 5.41) is 8.26. The lowest BCUT2D eigenvalue weighted by atomic mass is 10.5. The summed E-state index contributed by atoms with van der Waals surface area (Å²) >= 11 is 0. The van der Waals surface area contributed by atoms with Gasteiger partial charge in [0.15, 0.2) is 6.26 Å². The Morgan fingerprint density at radius 2 is 2.40 bits per heavy atom. The predicted molar refractivity (Wildman–Crippen MR) is 23.4 cm³/mol. The second-order valence-electron chi connectivity index (χ2n) is 1.26. The van der Waals surface area contributed by atoms with E-state index in [4.69, 9.17) is 0 Å². The van der Waals surface area contributed by atoms with Gasteiger partial charge in [-0.3, -0.25) is 13.9 Å². The van der Waals surface area contributed by atoms with E-state index in [-0.39, 0.29) is 5.76 Å². The highest BCUT2D eigenvalue weighted by Crippen LogP contribution is 2.03. The number of rotatable bonds is 2. The molecule has 1 aromatic heterocycles. The van der Waals surface area contributed by atoms with Crippen LogP contribution in [0.4, 0.5) is 0 Å². The average Bonchev–Trinajstić information content (AvgIpc) is 1.55. The van der Waals surface area contributed by atoms with Crippen molar-refractivity contribution < 1.29 is 23.9 Å². The fourth-order valence-electron chi connectivity index (χ4n) is 0.291. The van der Waals surface area contributed by atoms with Crippen molar-refractivity contribution >= 4 is 5.97 Å². The monoisotopic (exact) mass is 147 g/mol. The molecule has 10 heavy (non-hydrogen) atoms. The molecule has 0 amide bonds. The zero-order valence-electron chi connectivity index (χ0n) is 4.47. The van der Waals surface area contributed by atoms with Crippen LogP contribution in [-0.2, 0) is 4.84 Å². The van der Waals surface area contributed by atoms with Gasteiger partial charge in [-0.1, -0.05) is 0 Å². The Balaban J connectivity index is 2.49. The minimum Gasteiger partial charge on any atom is -0.293 e. The van der Waals surface area contributed by atoms with Crippen LogP contribution in [0.5, 0.6) is 0 Å². The number of hydrogen-bond acceptors (Lipinski definition) is 6. The second kappa shape index (κ2) is 2.21. The van der Waals surface area contributed by atoms with Crippen molar-refractivity contribution in [1.29, 1.82) is 0 Å². The third-order valence-corrected chi connectivity index (χ3v) is 0.652. The van der Waals surface area contributed by atoms with Gasteiger partial charge >= 0.3 is 11.1 Å². The van der Waals surface area contributed by atoms with Crippen molar-refractivity contribution in [2.75, 3.05) is 0 Å². The lowest BCUT2D eigenvalue weighted by Crippen LogP contribution is -2.10. The van der Waals surface area contributed by atoms with Gasteiger partial charge in [0.25, 0.3) is 5.76 Å². The van der Waals surface area contributed by atoms with Gasteiger partial charge in [0, 0.05) is 0 Å². The Kier molecular flexibility index (Phi) is 1.40. The molecule has 0 unspecified atom stereocenters. The summed E-state index contributed by atoms with van der Waals surface area (Å²) in [7, 11) is 0. The first-order valence-corrected chi connectivity index (χ1v) is 2.10. The molecule has 0 aliphatic heterocycles. The second-order valence-corrected chi connectivity index (χ2v) is 1.26. The summed E-state index contributed by atoms with van der Waals surface area (Å²) in [6.45, 7) is 0. The van der Waals surface area contributed by atoms with Crippen LogP contribution in [0.2, 0.25) is 0 Å². The highest BCUT2D eigenvalue weighted by Gasteiger charge is 2.17. The summed E-state index contributed by atoms with van der Waals surface area (Å²) in [5.74, 6) is -1.51.